The number of anilines is 1. The lowest BCUT2D eigenvalue weighted by Gasteiger charge is -2.33. The Morgan fingerprint density at radius 2 is 2.29 bits per heavy atom. The molecule has 0 saturated carbocycles. The number of piperidine rings is 1. The molecule has 0 aromatic heterocycles. The molecule has 1 aromatic carbocycles. The number of aryl methyl sites for hydroxylation is 1. The number of rotatable bonds is 2. The number of nitrogens with zero attached hydrogens (tertiary/aromatic N) is 2. The standard InChI is InChI=1S/C14H19N3/c1-11-5-6-14(12(8-11)9-15)17(2)13-4-3-7-16-10-13/h5-6,8,13,16H,3-4,7,10H2,1-2H3. The van der Waals surface area contributed by atoms with E-state index < -0.39 is 0 Å². The molecule has 3 nitrogen and oxygen atoms in total. The van der Waals surface area contributed by atoms with Crippen molar-refractivity contribution in [2.45, 2.75) is 25.8 Å². The smallest absolute Gasteiger partial charge is 0.101 e. The van der Waals surface area contributed by atoms with Crippen LogP contribution in [-0.2, 0) is 0 Å². The lowest BCUT2D eigenvalue weighted by Crippen LogP contribution is -2.44. The fourth-order valence-electron chi connectivity index (χ4n) is 2.41. The first-order valence-corrected chi connectivity index (χ1v) is 6.16. The number of likely N-dealkylation sites (N-methyl/N-ethyl adjacent to an activating group) is 1. The third-order valence-electron chi connectivity index (χ3n) is 3.47. The van der Waals surface area contributed by atoms with E-state index >= 15 is 0 Å². The van der Waals surface area contributed by atoms with Crippen molar-refractivity contribution in [1.29, 1.82) is 5.26 Å². The maximum Gasteiger partial charge on any atom is 0.101 e. The van der Waals surface area contributed by atoms with E-state index in [0.29, 0.717) is 6.04 Å². The van der Waals surface area contributed by atoms with Gasteiger partial charge in [-0.25, -0.2) is 0 Å². The summed E-state index contributed by atoms with van der Waals surface area (Å²) < 4.78 is 0. The van der Waals surface area contributed by atoms with Crippen LogP contribution < -0.4 is 10.2 Å². The van der Waals surface area contributed by atoms with Crippen LogP contribution in [0.15, 0.2) is 18.2 Å². The maximum atomic E-state index is 9.20. The summed E-state index contributed by atoms with van der Waals surface area (Å²) in [5.74, 6) is 0. The van der Waals surface area contributed by atoms with E-state index in [0.717, 1.165) is 29.9 Å². The average Bonchev–Trinajstić information content (AvgIpc) is 2.39. The Hall–Kier alpha value is -1.53. The quantitative estimate of drug-likeness (QED) is 0.843. The molecule has 1 N–H and O–H groups in total. The summed E-state index contributed by atoms with van der Waals surface area (Å²) in [5, 5.41) is 12.6. The van der Waals surface area contributed by atoms with Crippen molar-refractivity contribution in [3.8, 4) is 6.07 Å². The molecule has 0 bridgehead atoms. The highest BCUT2D eigenvalue weighted by molar-refractivity contribution is 5.60. The summed E-state index contributed by atoms with van der Waals surface area (Å²) in [6.45, 7) is 4.14. The van der Waals surface area contributed by atoms with E-state index in [9.17, 15) is 5.26 Å². The van der Waals surface area contributed by atoms with E-state index in [1.807, 2.05) is 13.0 Å². The zero-order chi connectivity index (χ0) is 12.3. The molecule has 1 heterocycles. The second-order valence-electron chi connectivity index (χ2n) is 4.74. The van der Waals surface area contributed by atoms with Gasteiger partial charge in [0.05, 0.1) is 11.3 Å². The average molecular weight is 229 g/mol. The first-order chi connectivity index (χ1) is 8.22. The minimum atomic E-state index is 0.499. The molecule has 1 fully saturated rings. The highest BCUT2D eigenvalue weighted by Gasteiger charge is 2.19. The number of nitriles is 1. The monoisotopic (exact) mass is 229 g/mol. The molecule has 1 aromatic rings. The SMILES string of the molecule is Cc1ccc(N(C)C2CCCNC2)c(C#N)c1. The Morgan fingerprint density at radius 3 is 2.94 bits per heavy atom. The van der Waals surface area contributed by atoms with Gasteiger partial charge in [0, 0.05) is 19.6 Å². The fraction of sp³-hybridized carbons (Fsp3) is 0.500. The second-order valence-corrected chi connectivity index (χ2v) is 4.74. The van der Waals surface area contributed by atoms with Gasteiger partial charge < -0.3 is 10.2 Å². The van der Waals surface area contributed by atoms with Crippen LogP contribution in [0.5, 0.6) is 0 Å². The molecule has 17 heavy (non-hydrogen) atoms. The van der Waals surface area contributed by atoms with Crippen molar-refractivity contribution in [3.05, 3.63) is 29.3 Å². The van der Waals surface area contributed by atoms with Gasteiger partial charge in [-0.1, -0.05) is 6.07 Å². The molecule has 90 valence electrons. The third-order valence-corrected chi connectivity index (χ3v) is 3.47. The molecular formula is C14H19N3. The normalized spacial score (nSPS) is 19.7. The van der Waals surface area contributed by atoms with Crippen LogP contribution in [0.1, 0.15) is 24.0 Å². The van der Waals surface area contributed by atoms with Crippen molar-refractivity contribution in [1.82, 2.24) is 5.32 Å². The van der Waals surface area contributed by atoms with Crippen molar-refractivity contribution in [2.75, 3.05) is 25.0 Å². The molecule has 0 amide bonds. The Bertz CT molecular complexity index is 428. The van der Waals surface area contributed by atoms with Gasteiger partial charge in [0.2, 0.25) is 0 Å². The molecule has 1 aliphatic rings. The zero-order valence-corrected chi connectivity index (χ0v) is 10.5. The Labute approximate surface area is 103 Å². The van der Waals surface area contributed by atoms with Crippen LogP contribution in [0.4, 0.5) is 5.69 Å². The van der Waals surface area contributed by atoms with Crippen LogP contribution in [0, 0.1) is 18.3 Å². The van der Waals surface area contributed by atoms with Crippen LogP contribution in [0.3, 0.4) is 0 Å². The predicted octanol–water partition coefficient (Wildman–Crippen LogP) is 2.05. The molecule has 1 atom stereocenters. The van der Waals surface area contributed by atoms with Gasteiger partial charge in [0.25, 0.3) is 0 Å². The van der Waals surface area contributed by atoms with E-state index in [2.05, 4.69) is 35.5 Å². The molecule has 1 saturated heterocycles. The molecule has 3 heteroatoms. The predicted molar refractivity (Wildman–Crippen MR) is 70.2 cm³/mol. The van der Waals surface area contributed by atoms with Gasteiger partial charge in [-0.3, -0.25) is 0 Å². The summed E-state index contributed by atoms with van der Waals surface area (Å²) in [6, 6.07) is 8.88. The molecule has 1 aliphatic heterocycles. The van der Waals surface area contributed by atoms with Crippen molar-refractivity contribution < 1.29 is 0 Å². The van der Waals surface area contributed by atoms with Gasteiger partial charge in [-0.15, -0.1) is 0 Å². The summed E-state index contributed by atoms with van der Waals surface area (Å²) in [6.07, 6.45) is 2.41. The number of nitrogens with one attached hydrogen (secondary N) is 1. The third kappa shape index (κ3) is 2.59. The first-order valence-electron chi connectivity index (χ1n) is 6.16. The second kappa shape index (κ2) is 5.20. The van der Waals surface area contributed by atoms with E-state index in [4.69, 9.17) is 0 Å². The molecule has 2 rings (SSSR count). The number of hydrogen-bond donors (Lipinski definition) is 1. The highest BCUT2D eigenvalue weighted by Crippen LogP contribution is 2.24. The minimum Gasteiger partial charge on any atom is -0.369 e. The van der Waals surface area contributed by atoms with Crippen molar-refractivity contribution >= 4 is 5.69 Å². The molecule has 1 unspecified atom stereocenters. The molecular weight excluding hydrogens is 210 g/mol. The fourth-order valence-corrected chi connectivity index (χ4v) is 2.41. The molecule has 0 radical (unpaired) electrons. The van der Waals surface area contributed by atoms with Gasteiger partial charge in [0.15, 0.2) is 0 Å². The lowest BCUT2D eigenvalue weighted by molar-refractivity contribution is 0.445. The molecule has 0 aliphatic carbocycles. The summed E-state index contributed by atoms with van der Waals surface area (Å²) in [4.78, 5) is 2.24. The van der Waals surface area contributed by atoms with Crippen LogP contribution in [0.25, 0.3) is 0 Å². The van der Waals surface area contributed by atoms with Crippen LogP contribution in [0.2, 0.25) is 0 Å². The van der Waals surface area contributed by atoms with Crippen LogP contribution in [-0.4, -0.2) is 26.2 Å². The van der Waals surface area contributed by atoms with Gasteiger partial charge in [-0.2, -0.15) is 5.26 Å². The number of benzene rings is 1. The van der Waals surface area contributed by atoms with Crippen molar-refractivity contribution in [2.24, 2.45) is 0 Å². The van der Waals surface area contributed by atoms with Gasteiger partial charge in [-0.05, 0) is 44.0 Å². The lowest BCUT2D eigenvalue weighted by atomic mass is 10.0. The largest absolute Gasteiger partial charge is 0.369 e. The molecule has 0 spiro atoms. The Balaban J connectivity index is 2.23. The number of hydrogen-bond acceptors (Lipinski definition) is 3. The van der Waals surface area contributed by atoms with E-state index in [-0.39, 0.29) is 0 Å². The summed E-state index contributed by atoms with van der Waals surface area (Å²) in [7, 11) is 2.09. The Kier molecular flexibility index (Phi) is 3.65. The van der Waals surface area contributed by atoms with E-state index in [1.54, 1.807) is 0 Å². The summed E-state index contributed by atoms with van der Waals surface area (Å²) in [5.41, 5.74) is 2.96. The first kappa shape index (κ1) is 11.9. The van der Waals surface area contributed by atoms with Gasteiger partial charge in [0.1, 0.15) is 6.07 Å². The minimum absolute atomic E-state index is 0.499. The zero-order valence-electron chi connectivity index (χ0n) is 10.5. The maximum absolute atomic E-state index is 9.20. The highest BCUT2D eigenvalue weighted by atomic mass is 15.2. The van der Waals surface area contributed by atoms with Gasteiger partial charge >= 0.3 is 0 Å². The topological polar surface area (TPSA) is 39.1 Å². The van der Waals surface area contributed by atoms with Crippen LogP contribution >= 0.6 is 0 Å². The Morgan fingerprint density at radius 1 is 1.47 bits per heavy atom. The van der Waals surface area contributed by atoms with Crippen molar-refractivity contribution in [3.63, 3.8) is 0 Å². The van der Waals surface area contributed by atoms with E-state index in [1.165, 1.54) is 12.8 Å². The summed E-state index contributed by atoms with van der Waals surface area (Å²) >= 11 is 0.